The molecule has 2 aromatic rings. The lowest BCUT2D eigenvalue weighted by Crippen LogP contribution is -2.38. The number of nitrogens with one attached hydrogen (secondary N) is 1. The van der Waals surface area contributed by atoms with E-state index in [4.69, 9.17) is 0 Å². The van der Waals surface area contributed by atoms with Crippen LogP contribution in [0.3, 0.4) is 0 Å². The lowest BCUT2D eigenvalue weighted by Gasteiger charge is -2.32. The van der Waals surface area contributed by atoms with Crippen molar-refractivity contribution in [1.82, 2.24) is 20.2 Å². The number of pyridine rings is 1. The van der Waals surface area contributed by atoms with Crippen molar-refractivity contribution in [3.8, 4) is 0 Å². The van der Waals surface area contributed by atoms with Gasteiger partial charge >= 0.3 is 6.18 Å². The molecule has 9 heteroatoms. The fourth-order valence-electron chi connectivity index (χ4n) is 4.80. The number of amides is 1. The van der Waals surface area contributed by atoms with Gasteiger partial charge in [-0.05, 0) is 70.0 Å². The summed E-state index contributed by atoms with van der Waals surface area (Å²) in [5.41, 5.74) is 2.37. The second-order valence-electron chi connectivity index (χ2n) is 9.23. The monoisotopic (exact) mass is 480 g/mol. The average molecular weight is 481 g/mol. The Morgan fingerprint density at radius 3 is 2.79 bits per heavy atom. The Morgan fingerprint density at radius 1 is 1.27 bits per heavy atom. The molecule has 0 unspecified atom stereocenters. The highest BCUT2D eigenvalue weighted by Crippen LogP contribution is 2.31. The number of rotatable bonds is 7. The molecule has 2 aromatic heterocycles. The van der Waals surface area contributed by atoms with E-state index in [9.17, 15) is 18.0 Å². The highest BCUT2D eigenvalue weighted by atomic mass is 32.1. The van der Waals surface area contributed by atoms with Gasteiger partial charge in [0.25, 0.3) is 5.91 Å². The average Bonchev–Trinajstić information content (AvgIpc) is 3.19. The van der Waals surface area contributed by atoms with Gasteiger partial charge < -0.3 is 5.32 Å². The molecule has 33 heavy (non-hydrogen) atoms. The predicted molar refractivity (Wildman–Crippen MR) is 122 cm³/mol. The number of fused-ring (bicyclic) bond motifs is 1. The van der Waals surface area contributed by atoms with Gasteiger partial charge in [0, 0.05) is 48.7 Å². The summed E-state index contributed by atoms with van der Waals surface area (Å²) in [6.45, 7) is 4.53. The van der Waals surface area contributed by atoms with Crippen LogP contribution < -0.4 is 5.32 Å². The molecule has 2 aliphatic rings. The van der Waals surface area contributed by atoms with E-state index in [1.165, 1.54) is 11.3 Å². The van der Waals surface area contributed by atoms with E-state index in [1.807, 2.05) is 13.0 Å². The molecular weight excluding hydrogens is 449 g/mol. The number of thiazole rings is 1. The molecule has 0 radical (unpaired) electrons. The predicted octanol–water partition coefficient (Wildman–Crippen LogP) is 5.08. The molecule has 0 aromatic carbocycles. The van der Waals surface area contributed by atoms with Gasteiger partial charge in [-0.2, -0.15) is 13.2 Å². The van der Waals surface area contributed by atoms with Crippen molar-refractivity contribution in [1.29, 1.82) is 0 Å². The molecule has 5 nitrogen and oxygen atoms in total. The number of carbonyl (C=O) groups excluding carboxylic acids is 1. The zero-order valence-electron chi connectivity index (χ0n) is 19.0. The van der Waals surface area contributed by atoms with Crippen LogP contribution in [0.25, 0.3) is 0 Å². The summed E-state index contributed by atoms with van der Waals surface area (Å²) in [5, 5.41) is 3.78. The van der Waals surface area contributed by atoms with Crippen LogP contribution in [0.2, 0.25) is 0 Å². The zero-order chi connectivity index (χ0) is 23.4. The lowest BCUT2D eigenvalue weighted by molar-refractivity contribution is -0.134. The summed E-state index contributed by atoms with van der Waals surface area (Å²) in [6, 6.07) is 3.82. The normalized spacial score (nSPS) is 21.6. The van der Waals surface area contributed by atoms with E-state index in [-0.39, 0.29) is 18.4 Å². The summed E-state index contributed by atoms with van der Waals surface area (Å²) in [5.74, 6) is 0.614. The molecule has 1 aliphatic heterocycles. The van der Waals surface area contributed by atoms with Gasteiger partial charge in [0.05, 0.1) is 16.3 Å². The quantitative estimate of drug-likeness (QED) is 0.601. The van der Waals surface area contributed by atoms with Crippen LogP contribution in [-0.2, 0) is 19.4 Å². The van der Waals surface area contributed by atoms with Crippen LogP contribution >= 0.6 is 11.3 Å². The van der Waals surface area contributed by atoms with E-state index in [1.54, 1.807) is 12.3 Å². The lowest BCUT2D eigenvalue weighted by atomic mass is 9.84. The first-order valence-corrected chi connectivity index (χ1v) is 12.6. The minimum atomic E-state index is -4.13. The second-order valence-corrected chi connectivity index (χ2v) is 10.4. The first kappa shape index (κ1) is 24.1. The smallest absolute Gasteiger partial charge is 0.349 e. The Bertz CT molecular complexity index is 953. The van der Waals surface area contributed by atoms with Crippen molar-refractivity contribution < 1.29 is 18.0 Å². The van der Waals surface area contributed by atoms with Crippen LogP contribution in [0.4, 0.5) is 13.2 Å². The fraction of sp³-hybridized carbons (Fsp3) is 0.625. The van der Waals surface area contributed by atoms with Crippen LogP contribution in [0.5, 0.6) is 0 Å². The molecule has 1 aliphatic carbocycles. The van der Waals surface area contributed by atoms with E-state index in [0.717, 1.165) is 74.4 Å². The van der Waals surface area contributed by atoms with Crippen LogP contribution in [-0.4, -0.2) is 46.1 Å². The van der Waals surface area contributed by atoms with Gasteiger partial charge in [-0.3, -0.25) is 14.7 Å². The highest BCUT2D eigenvalue weighted by molar-refractivity contribution is 7.11. The fourth-order valence-corrected chi connectivity index (χ4v) is 5.87. The summed E-state index contributed by atoms with van der Waals surface area (Å²) < 4.78 is 37.5. The van der Waals surface area contributed by atoms with Crippen LogP contribution in [0.15, 0.2) is 18.3 Å². The van der Waals surface area contributed by atoms with E-state index < -0.39 is 12.6 Å². The maximum Gasteiger partial charge on any atom is 0.389 e. The SMILES string of the molecule is Cc1ncccc1C(=O)NC1CCC(CCN2CCc3sc(CCC(F)(F)F)nc3C2)CC1. The number of hydrogen-bond donors (Lipinski definition) is 1. The van der Waals surface area contributed by atoms with Gasteiger partial charge in [0.15, 0.2) is 0 Å². The first-order chi connectivity index (χ1) is 15.8. The number of halogens is 3. The van der Waals surface area contributed by atoms with Gasteiger partial charge in [-0.1, -0.05) is 0 Å². The molecule has 1 amide bonds. The molecule has 1 N–H and O–H groups in total. The van der Waals surface area contributed by atoms with Crippen molar-refractivity contribution in [2.45, 2.75) is 77.1 Å². The third kappa shape index (κ3) is 6.76. The van der Waals surface area contributed by atoms with Crippen molar-refractivity contribution in [3.63, 3.8) is 0 Å². The van der Waals surface area contributed by atoms with E-state index >= 15 is 0 Å². The Hall–Kier alpha value is -2.00. The van der Waals surface area contributed by atoms with E-state index in [2.05, 4.69) is 20.2 Å². The van der Waals surface area contributed by atoms with Crippen LogP contribution in [0.1, 0.15) is 70.2 Å². The van der Waals surface area contributed by atoms with Crippen molar-refractivity contribution in [2.75, 3.05) is 13.1 Å². The van der Waals surface area contributed by atoms with Gasteiger partial charge in [-0.25, -0.2) is 4.98 Å². The van der Waals surface area contributed by atoms with Crippen molar-refractivity contribution in [2.24, 2.45) is 5.92 Å². The molecule has 1 fully saturated rings. The minimum Gasteiger partial charge on any atom is -0.349 e. The standard InChI is InChI=1S/C24H31F3N4OS/c1-16-19(3-2-12-28-16)23(32)29-18-6-4-17(5-7-18)9-13-31-14-10-21-20(15-31)30-22(33-21)8-11-24(25,26)27/h2-3,12,17-18H,4-11,13-15H2,1H3,(H,29,32). The van der Waals surface area contributed by atoms with E-state index in [0.29, 0.717) is 16.5 Å². The van der Waals surface area contributed by atoms with Crippen molar-refractivity contribution in [3.05, 3.63) is 45.2 Å². The Labute approximate surface area is 196 Å². The molecule has 4 rings (SSSR count). The topological polar surface area (TPSA) is 58.1 Å². The molecule has 3 heterocycles. The molecule has 0 saturated heterocycles. The number of alkyl halides is 3. The number of hydrogen-bond acceptors (Lipinski definition) is 5. The summed E-state index contributed by atoms with van der Waals surface area (Å²) in [6.07, 6.45) is 2.95. The maximum absolute atomic E-state index is 12.5. The molecular formula is C24H31F3N4OS. The Balaban J connectivity index is 1.18. The summed E-state index contributed by atoms with van der Waals surface area (Å²) in [7, 11) is 0. The second kappa shape index (κ2) is 10.5. The van der Waals surface area contributed by atoms with Crippen LogP contribution in [0, 0.1) is 12.8 Å². The van der Waals surface area contributed by atoms with Crippen molar-refractivity contribution >= 4 is 17.2 Å². The summed E-state index contributed by atoms with van der Waals surface area (Å²) >= 11 is 1.45. The number of nitrogens with zero attached hydrogens (tertiary/aromatic N) is 3. The maximum atomic E-state index is 12.5. The van der Waals surface area contributed by atoms with Gasteiger partial charge in [0.1, 0.15) is 0 Å². The number of carbonyl (C=O) groups is 1. The summed E-state index contributed by atoms with van der Waals surface area (Å²) in [4.78, 5) is 24.8. The largest absolute Gasteiger partial charge is 0.389 e. The van der Waals surface area contributed by atoms with Gasteiger partial charge in [0.2, 0.25) is 0 Å². The zero-order valence-corrected chi connectivity index (χ0v) is 19.8. The molecule has 0 bridgehead atoms. The Kier molecular flexibility index (Phi) is 7.69. The molecule has 1 saturated carbocycles. The molecule has 0 atom stereocenters. The molecule has 0 spiro atoms. The third-order valence-corrected chi connectivity index (χ3v) is 7.98. The number of aryl methyl sites for hydroxylation is 2. The molecule has 180 valence electrons. The van der Waals surface area contributed by atoms with Gasteiger partial charge in [-0.15, -0.1) is 11.3 Å². The first-order valence-electron chi connectivity index (χ1n) is 11.8. The minimum absolute atomic E-state index is 0.0126. The number of aromatic nitrogens is 2. The highest BCUT2D eigenvalue weighted by Gasteiger charge is 2.29. The third-order valence-electron chi connectivity index (χ3n) is 6.76. The Morgan fingerprint density at radius 2 is 2.06 bits per heavy atom.